The van der Waals surface area contributed by atoms with Crippen molar-refractivity contribution >= 4 is 11.3 Å². The SMILES string of the molecule is Cc1ccc([C@H](N)c2ccsc2)o1. The van der Waals surface area contributed by atoms with Crippen LogP contribution in [0, 0.1) is 6.92 Å². The lowest BCUT2D eigenvalue weighted by atomic mass is 10.1. The fourth-order valence-electron chi connectivity index (χ4n) is 1.24. The molecule has 2 nitrogen and oxygen atoms in total. The lowest BCUT2D eigenvalue weighted by molar-refractivity contribution is 0.466. The Morgan fingerprint density at radius 2 is 2.23 bits per heavy atom. The van der Waals surface area contributed by atoms with Crippen molar-refractivity contribution in [1.82, 2.24) is 0 Å². The summed E-state index contributed by atoms with van der Waals surface area (Å²) in [6.45, 7) is 1.92. The summed E-state index contributed by atoms with van der Waals surface area (Å²) in [5, 5.41) is 4.06. The van der Waals surface area contributed by atoms with Crippen LogP contribution in [0.5, 0.6) is 0 Å². The summed E-state index contributed by atoms with van der Waals surface area (Å²) in [6.07, 6.45) is 0. The maximum absolute atomic E-state index is 5.99. The number of furan rings is 1. The molecule has 68 valence electrons. The molecule has 2 N–H and O–H groups in total. The number of rotatable bonds is 2. The van der Waals surface area contributed by atoms with Gasteiger partial charge in [0.15, 0.2) is 0 Å². The third kappa shape index (κ3) is 1.66. The van der Waals surface area contributed by atoms with Gasteiger partial charge in [-0.05, 0) is 41.4 Å². The van der Waals surface area contributed by atoms with Crippen LogP contribution in [0.1, 0.15) is 23.1 Å². The van der Waals surface area contributed by atoms with Crippen molar-refractivity contribution in [2.75, 3.05) is 0 Å². The van der Waals surface area contributed by atoms with Crippen molar-refractivity contribution in [3.63, 3.8) is 0 Å². The topological polar surface area (TPSA) is 39.2 Å². The lowest BCUT2D eigenvalue weighted by Crippen LogP contribution is -2.09. The Labute approximate surface area is 81.0 Å². The summed E-state index contributed by atoms with van der Waals surface area (Å²) in [7, 11) is 0. The summed E-state index contributed by atoms with van der Waals surface area (Å²) in [5.74, 6) is 1.73. The fourth-order valence-corrected chi connectivity index (χ4v) is 1.93. The summed E-state index contributed by atoms with van der Waals surface area (Å²) < 4.78 is 5.45. The van der Waals surface area contributed by atoms with Crippen LogP contribution in [-0.2, 0) is 0 Å². The molecule has 0 bridgehead atoms. The summed E-state index contributed by atoms with van der Waals surface area (Å²) in [5.41, 5.74) is 7.10. The Morgan fingerprint density at radius 1 is 1.38 bits per heavy atom. The van der Waals surface area contributed by atoms with Crippen LogP contribution < -0.4 is 5.73 Å². The van der Waals surface area contributed by atoms with E-state index in [4.69, 9.17) is 10.2 Å². The monoisotopic (exact) mass is 193 g/mol. The minimum Gasteiger partial charge on any atom is -0.464 e. The summed E-state index contributed by atoms with van der Waals surface area (Å²) in [6, 6.07) is 5.76. The quantitative estimate of drug-likeness (QED) is 0.796. The van der Waals surface area contributed by atoms with Gasteiger partial charge >= 0.3 is 0 Å². The Morgan fingerprint density at radius 3 is 2.77 bits per heavy atom. The Hall–Kier alpha value is -1.06. The van der Waals surface area contributed by atoms with E-state index in [9.17, 15) is 0 Å². The first-order chi connectivity index (χ1) is 6.27. The maximum Gasteiger partial charge on any atom is 0.125 e. The zero-order chi connectivity index (χ0) is 9.26. The predicted molar refractivity (Wildman–Crippen MR) is 53.8 cm³/mol. The second-order valence-corrected chi connectivity index (χ2v) is 3.76. The average molecular weight is 193 g/mol. The van der Waals surface area contributed by atoms with Gasteiger partial charge in [-0.2, -0.15) is 11.3 Å². The van der Waals surface area contributed by atoms with E-state index in [1.165, 1.54) is 0 Å². The molecule has 1 atom stereocenters. The molecule has 2 aromatic heterocycles. The van der Waals surface area contributed by atoms with E-state index in [-0.39, 0.29) is 6.04 Å². The largest absolute Gasteiger partial charge is 0.464 e. The molecule has 0 saturated carbocycles. The molecule has 0 spiro atoms. The maximum atomic E-state index is 5.99. The smallest absolute Gasteiger partial charge is 0.125 e. The molecule has 0 unspecified atom stereocenters. The van der Waals surface area contributed by atoms with Gasteiger partial charge in [0.2, 0.25) is 0 Å². The molecular weight excluding hydrogens is 182 g/mol. The molecule has 0 aliphatic rings. The number of nitrogens with two attached hydrogens (primary N) is 1. The van der Waals surface area contributed by atoms with E-state index in [1.54, 1.807) is 11.3 Å². The van der Waals surface area contributed by atoms with E-state index < -0.39 is 0 Å². The van der Waals surface area contributed by atoms with Crippen molar-refractivity contribution in [2.24, 2.45) is 5.73 Å². The molecule has 0 aromatic carbocycles. The first kappa shape index (κ1) is 8.53. The van der Waals surface area contributed by atoms with E-state index in [0.29, 0.717) is 0 Å². The molecule has 3 heteroatoms. The first-order valence-corrected chi connectivity index (χ1v) is 5.05. The van der Waals surface area contributed by atoms with E-state index in [0.717, 1.165) is 17.1 Å². The minimum atomic E-state index is -0.125. The molecule has 0 aliphatic heterocycles. The molecule has 0 amide bonds. The third-order valence-electron chi connectivity index (χ3n) is 1.97. The second kappa shape index (κ2) is 3.36. The number of hydrogen-bond donors (Lipinski definition) is 1. The van der Waals surface area contributed by atoms with Gasteiger partial charge in [0.05, 0.1) is 6.04 Å². The second-order valence-electron chi connectivity index (χ2n) is 2.98. The normalized spacial score (nSPS) is 13.1. The van der Waals surface area contributed by atoms with Crippen molar-refractivity contribution in [3.05, 3.63) is 46.0 Å². The van der Waals surface area contributed by atoms with Crippen LogP contribution in [0.2, 0.25) is 0 Å². The predicted octanol–water partition coefficient (Wildman–Crippen LogP) is 2.70. The molecule has 13 heavy (non-hydrogen) atoms. The highest BCUT2D eigenvalue weighted by molar-refractivity contribution is 7.07. The van der Waals surface area contributed by atoms with Gasteiger partial charge in [0.1, 0.15) is 11.5 Å². The zero-order valence-electron chi connectivity index (χ0n) is 7.36. The highest BCUT2D eigenvalue weighted by Gasteiger charge is 2.12. The molecule has 0 radical (unpaired) electrons. The van der Waals surface area contributed by atoms with Crippen LogP contribution in [0.15, 0.2) is 33.4 Å². The van der Waals surface area contributed by atoms with Crippen LogP contribution in [-0.4, -0.2) is 0 Å². The lowest BCUT2D eigenvalue weighted by Gasteiger charge is -2.05. The summed E-state index contributed by atoms with van der Waals surface area (Å²) in [4.78, 5) is 0. The summed E-state index contributed by atoms with van der Waals surface area (Å²) >= 11 is 1.65. The van der Waals surface area contributed by atoms with Crippen LogP contribution in [0.3, 0.4) is 0 Å². The Kier molecular flexibility index (Phi) is 2.20. The number of aryl methyl sites for hydroxylation is 1. The van der Waals surface area contributed by atoms with Gasteiger partial charge in [-0.15, -0.1) is 0 Å². The molecule has 2 heterocycles. The fraction of sp³-hybridized carbons (Fsp3) is 0.200. The van der Waals surface area contributed by atoms with Crippen molar-refractivity contribution in [2.45, 2.75) is 13.0 Å². The number of hydrogen-bond acceptors (Lipinski definition) is 3. The standard InChI is InChI=1S/C10H11NOS/c1-7-2-3-9(12-7)10(11)8-4-5-13-6-8/h2-6,10H,11H2,1H3/t10-/m1/s1. The Balaban J connectivity index is 2.28. The molecular formula is C10H11NOS. The van der Waals surface area contributed by atoms with Gasteiger partial charge in [0.25, 0.3) is 0 Å². The number of thiophene rings is 1. The highest BCUT2D eigenvalue weighted by Crippen LogP contribution is 2.22. The highest BCUT2D eigenvalue weighted by atomic mass is 32.1. The molecule has 2 rings (SSSR count). The average Bonchev–Trinajstić information content (AvgIpc) is 2.72. The molecule has 2 aromatic rings. The van der Waals surface area contributed by atoms with Gasteiger partial charge < -0.3 is 10.2 Å². The third-order valence-corrected chi connectivity index (χ3v) is 2.67. The Bertz CT molecular complexity index is 377. The van der Waals surface area contributed by atoms with E-state index >= 15 is 0 Å². The van der Waals surface area contributed by atoms with Crippen LogP contribution in [0.25, 0.3) is 0 Å². The van der Waals surface area contributed by atoms with Crippen molar-refractivity contribution in [3.8, 4) is 0 Å². The minimum absolute atomic E-state index is 0.125. The van der Waals surface area contributed by atoms with Gasteiger partial charge in [0, 0.05) is 0 Å². The molecule has 0 aliphatic carbocycles. The van der Waals surface area contributed by atoms with Gasteiger partial charge in [-0.3, -0.25) is 0 Å². The van der Waals surface area contributed by atoms with Gasteiger partial charge in [-0.25, -0.2) is 0 Å². The molecule has 0 saturated heterocycles. The van der Waals surface area contributed by atoms with Crippen molar-refractivity contribution < 1.29 is 4.42 Å². The first-order valence-electron chi connectivity index (χ1n) is 4.11. The van der Waals surface area contributed by atoms with E-state index in [2.05, 4.69) is 0 Å². The van der Waals surface area contributed by atoms with E-state index in [1.807, 2.05) is 35.9 Å². The van der Waals surface area contributed by atoms with Crippen LogP contribution >= 0.6 is 11.3 Å². The van der Waals surface area contributed by atoms with Crippen molar-refractivity contribution in [1.29, 1.82) is 0 Å². The molecule has 0 fully saturated rings. The van der Waals surface area contributed by atoms with Gasteiger partial charge in [-0.1, -0.05) is 0 Å². The zero-order valence-corrected chi connectivity index (χ0v) is 8.17. The van der Waals surface area contributed by atoms with Crippen LogP contribution in [0.4, 0.5) is 0 Å².